The van der Waals surface area contributed by atoms with Crippen LogP contribution in [0.5, 0.6) is 0 Å². The fourth-order valence-electron chi connectivity index (χ4n) is 5.19. The van der Waals surface area contributed by atoms with Gasteiger partial charge in [0.15, 0.2) is 0 Å². The van der Waals surface area contributed by atoms with Gasteiger partial charge in [0.05, 0.1) is 11.9 Å². The number of rotatable bonds is 5. The van der Waals surface area contributed by atoms with Crippen LogP contribution < -0.4 is 10.9 Å². The first-order valence-electron chi connectivity index (χ1n) is 11.2. The first kappa shape index (κ1) is 19.2. The van der Waals surface area contributed by atoms with Crippen LogP contribution in [0.4, 0.5) is 0 Å². The van der Waals surface area contributed by atoms with Crippen molar-refractivity contribution >= 4 is 27.5 Å². The summed E-state index contributed by atoms with van der Waals surface area (Å²) in [5.74, 6) is 0.705. The number of aromatic nitrogens is 2. The Morgan fingerprint density at radius 2 is 1.83 bits per heavy atom. The summed E-state index contributed by atoms with van der Waals surface area (Å²) in [6, 6.07) is 0.269. The number of nitrogens with one attached hydrogen (secondary N) is 1. The van der Waals surface area contributed by atoms with Gasteiger partial charge in [-0.1, -0.05) is 12.8 Å². The Morgan fingerprint density at radius 3 is 2.62 bits per heavy atom. The van der Waals surface area contributed by atoms with E-state index in [1.165, 1.54) is 42.5 Å². The van der Waals surface area contributed by atoms with Crippen LogP contribution in [-0.4, -0.2) is 39.5 Å². The van der Waals surface area contributed by atoms with Crippen LogP contribution in [0.15, 0.2) is 4.79 Å². The molecule has 2 aromatic rings. The standard InChI is InChI=1S/C22H30N4O2S/c27-19(23-15-7-1-2-8-15)14-26-18(13-25-11-5-6-12-25)24-21-20(22(26)28)16-9-3-4-10-17(16)29-21/h15H,1-14H2,(H,23,27). The number of hydrogen-bond donors (Lipinski definition) is 1. The third-order valence-electron chi connectivity index (χ3n) is 6.74. The molecule has 0 radical (unpaired) electrons. The Bertz CT molecular complexity index is 967. The average molecular weight is 415 g/mol. The second-order valence-corrected chi connectivity index (χ2v) is 9.93. The molecule has 0 aromatic carbocycles. The Hall–Kier alpha value is -1.73. The van der Waals surface area contributed by atoms with Gasteiger partial charge in [-0.3, -0.25) is 19.1 Å². The summed E-state index contributed by atoms with van der Waals surface area (Å²) in [6.07, 6.45) is 11.2. The number of fused-ring (bicyclic) bond motifs is 3. The maximum Gasteiger partial charge on any atom is 0.263 e. The molecule has 5 rings (SSSR count). The largest absolute Gasteiger partial charge is 0.352 e. The smallest absolute Gasteiger partial charge is 0.263 e. The third-order valence-corrected chi connectivity index (χ3v) is 7.93. The lowest BCUT2D eigenvalue weighted by molar-refractivity contribution is -0.122. The Labute approximate surface area is 175 Å². The van der Waals surface area contributed by atoms with Gasteiger partial charge in [0.25, 0.3) is 5.56 Å². The number of carbonyl (C=O) groups is 1. The topological polar surface area (TPSA) is 67.2 Å². The lowest BCUT2D eigenvalue weighted by atomic mass is 9.97. The van der Waals surface area contributed by atoms with Crippen LogP contribution in [0.1, 0.15) is 67.6 Å². The minimum atomic E-state index is -0.0491. The normalized spacial score (nSPS) is 20.4. The summed E-state index contributed by atoms with van der Waals surface area (Å²) in [5.41, 5.74) is 1.19. The van der Waals surface area contributed by atoms with E-state index in [2.05, 4.69) is 10.2 Å². The molecular formula is C22H30N4O2S. The van der Waals surface area contributed by atoms with Gasteiger partial charge >= 0.3 is 0 Å². The maximum absolute atomic E-state index is 13.6. The van der Waals surface area contributed by atoms with Crippen molar-refractivity contribution in [3.63, 3.8) is 0 Å². The van der Waals surface area contributed by atoms with Crippen LogP contribution in [0.3, 0.4) is 0 Å². The Morgan fingerprint density at radius 1 is 1.07 bits per heavy atom. The van der Waals surface area contributed by atoms with Gasteiger partial charge in [-0.25, -0.2) is 4.98 Å². The monoisotopic (exact) mass is 414 g/mol. The predicted octanol–water partition coefficient (Wildman–Crippen LogP) is 2.99. The van der Waals surface area contributed by atoms with E-state index >= 15 is 0 Å². The molecule has 2 fully saturated rings. The van der Waals surface area contributed by atoms with Crippen LogP contribution >= 0.6 is 11.3 Å². The van der Waals surface area contributed by atoms with Gasteiger partial charge in [0.2, 0.25) is 5.91 Å². The zero-order chi connectivity index (χ0) is 19.8. The van der Waals surface area contributed by atoms with Gasteiger partial charge in [0.1, 0.15) is 17.2 Å². The summed E-state index contributed by atoms with van der Waals surface area (Å²) >= 11 is 1.70. The lowest BCUT2D eigenvalue weighted by Gasteiger charge is -2.19. The van der Waals surface area contributed by atoms with Gasteiger partial charge in [-0.15, -0.1) is 11.3 Å². The second-order valence-electron chi connectivity index (χ2n) is 8.84. The number of aryl methyl sites for hydroxylation is 2. The SMILES string of the molecule is O=C(Cn1c(CN2CCCC2)nc2sc3c(c2c1=O)CCCC3)NC1CCCC1. The maximum atomic E-state index is 13.6. The highest BCUT2D eigenvalue weighted by Crippen LogP contribution is 2.34. The Kier molecular flexibility index (Phi) is 5.43. The molecule has 7 heteroatoms. The first-order chi connectivity index (χ1) is 14.2. The molecule has 2 aliphatic carbocycles. The van der Waals surface area contributed by atoms with Crippen molar-refractivity contribution in [2.75, 3.05) is 13.1 Å². The van der Waals surface area contributed by atoms with Gasteiger partial charge < -0.3 is 5.32 Å². The minimum Gasteiger partial charge on any atom is -0.352 e. The predicted molar refractivity (Wildman–Crippen MR) is 115 cm³/mol. The fourth-order valence-corrected chi connectivity index (χ4v) is 6.46. The highest BCUT2D eigenvalue weighted by atomic mass is 32.1. The molecule has 3 aliphatic rings. The third kappa shape index (κ3) is 3.87. The molecule has 1 saturated carbocycles. The first-order valence-corrected chi connectivity index (χ1v) is 12.1. The molecule has 0 unspecified atom stereocenters. The molecule has 2 aromatic heterocycles. The summed E-state index contributed by atoms with van der Waals surface area (Å²) in [5, 5.41) is 3.92. The highest BCUT2D eigenvalue weighted by molar-refractivity contribution is 7.18. The average Bonchev–Trinajstić information content (AvgIpc) is 3.45. The van der Waals surface area contributed by atoms with Crippen molar-refractivity contribution in [3.05, 3.63) is 26.6 Å². The van der Waals surface area contributed by atoms with Crippen molar-refractivity contribution < 1.29 is 4.79 Å². The Balaban J connectivity index is 1.51. The van der Waals surface area contributed by atoms with Crippen LogP contribution in [0, 0.1) is 0 Å². The second kappa shape index (κ2) is 8.19. The molecule has 29 heavy (non-hydrogen) atoms. The summed E-state index contributed by atoms with van der Waals surface area (Å²) in [4.78, 5) is 35.8. The molecule has 1 aliphatic heterocycles. The van der Waals surface area contributed by atoms with Crippen molar-refractivity contribution in [1.29, 1.82) is 0 Å². The lowest BCUT2D eigenvalue weighted by Crippen LogP contribution is -2.39. The molecule has 1 amide bonds. The number of hydrogen-bond acceptors (Lipinski definition) is 5. The van der Waals surface area contributed by atoms with E-state index in [1.807, 2.05) is 0 Å². The van der Waals surface area contributed by atoms with Crippen LogP contribution in [0.25, 0.3) is 10.2 Å². The molecule has 0 spiro atoms. The van der Waals surface area contributed by atoms with Crippen molar-refractivity contribution in [1.82, 2.24) is 19.8 Å². The quantitative estimate of drug-likeness (QED) is 0.817. The van der Waals surface area contributed by atoms with Gasteiger partial charge in [-0.05, 0) is 70.0 Å². The van der Waals surface area contributed by atoms with Crippen molar-refractivity contribution in [2.24, 2.45) is 0 Å². The van der Waals surface area contributed by atoms with E-state index in [1.54, 1.807) is 15.9 Å². The molecule has 1 N–H and O–H groups in total. The number of likely N-dealkylation sites (tertiary alicyclic amines) is 1. The summed E-state index contributed by atoms with van der Waals surface area (Å²) in [7, 11) is 0. The number of nitrogens with zero attached hydrogens (tertiary/aromatic N) is 3. The van der Waals surface area contributed by atoms with E-state index in [-0.39, 0.29) is 24.1 Å². The highest BCUT2D eigenvalue weighted by Gasteiger charge is 2.25. The van der Waals surface area contributed by atoms with E-state index < -0.39 is 0 Å². The van der Waals surface area contributed by atoms with Crippen molar-refractivity contribution in [3.8, 4) is 0 Å². The number of amides is 1. The van der Waals surface area contributed by atoms with E-state index in [9.17, 15) is 9.59 Å². The zero-order valence-corrected chi connectivity index (χ0v) is 17.9. The molecule has 156 valence electrons. The summed E-state index contributed by atoms with van der Waals surface area (Å²) < 4.78 is 1.67. The number of carbonyl (C=O) groups excluding carboxylic acids is 1. The number of thiophene rings is 1. The molecule has 1 saturated heterocycles. The molecule has 0 atom stereocenters. The van der Waals surface area contributed by atoms with E-state index in [0.717, 1.165) is 61.2 Å². The van der Waals surface area contributed by atoms with Crippen molar-refractivity contribution in [2.45, 2.75) is 83.3 Å². The van der Waals surface area contributed by atoms with E-state index in [4.69, 9.17) is 4.98 Å². The van der Waals surface area contributed by atoms with E-state index in [0.29, 0.717) is 6.54 Å². The zero-order valence-electron chi connectivity index (χ0n) is 17.0. The van der Waals surface area contributed by atoms with Gasteiger partial charge in [0, 0.05) is 10.9 Å². The summed E-state index contributed by atoms with van der Waals surface area (Å²) in [6.45, 7) is 2.84. The van der Waals surface area contributed by atoms with Crippen LogP contribution in [0.2, 0.25) is 0 Å². The van der Waals surface area contributed by atoms with Crippen LogP contribution in [-0.2, 0) is 30.7 Å². The molecule has 3 heterocycles. The molecule has 0 bridgehead atoms. The minimum absolute atomic E-state index is 0.00910. The van der Waals surface area contributed by atoms with Gasteiger partial charge in [-0.2, -0.15) is 0 Å². The molecular weight excluding hydrogens is 384 g/mol. The molecule has 6 nitrogen and oxygen atoms in total. The fraction of sp³-hybridized carbons (Fsp3) is 0.682.